The molecule has 3 nitrogen and oxygen atoms in total. The molecule has 5 heteroatoms. The molecule has 1 aromatic rings. The second-order valence-corrected chi connectivity index (χ2v) is 3.10. The topological polar surface area (TPSA) is 48.8 Å². The molecule has 0 spiro atoms. The summed E-state index contributed by atoms with van der Waals surface area (Å²) in [5.74, 6) is -0.321. The molecule has 0 fully saturated rings. The zero-order valence-electron chi connectivity index (χ0n) is 6.25. The molecule has 0 atom stereocenters. The molecule has 0 aliphatic heterocycles. The fourth-order valence-electron chi connectivity index (χ4n) is 0.767. The van der Waals surface area contributed by atoms with Gasteiger partial charge in [-0.05, 0) is 30.2 Å². The van der Waals surface area contributed by atoms with Crippen molar-refractivity contribution in [2.75, 3.05) is 0 Å². The Balaban J connectivity index is 3.32. The van der Waals surface area contributed by atoms with Gasteiger partial charge in [-0.15, -0.1) is 0 Å². The van der Waals surface area contributed by atoms with Crippen molar-refractivity contribution in [1.82, 2.24) is 0 Å². The Morgan fingerprint density at radius 2 is 2.25 bits per heavy atom. The van der Waals surface area contributed by atoms with E-state index in [4.69, 9.17) is 5.53 Å². The highest BCUT2D eigenvalue weighted by Gasteiger charge is 2.02. The number of azide groups is 1. The van der Waals surface area contributed by atoms with E-state index in [9.17, 15) is 4.39 Å². The van der Waals surface area contributed by atoms with Crippen LogP contribution in [0.3, 0.4) is 0 Å². The molecule has 0 amide bonds. The van der Waals surface area contributed by atoms with Crippen molar-refractivity contribution in [3.05, 3.63) is 38.4 Å². The Morgan fingerprint density at radius 3 is 2.83 bits per heavy atom. The van der Waals surface area contributed by atoms with Crippen LogP contribution in [0.25, 0.3) is 10.4 Å². The summed E-state index contributed by atoms with van der Waals surface area (Å²) in [5.41, 5.74) is 9.01. The predicted octanol–water partition coefficient (Wildman–Crippen LogP) is 3.84. The highest BCUT2D eigenvalue weighted by Crippen LogP contribution is 2.28. The highest BCUT2D eigenvalue weighted by molar-refractivity contribution is 9.10. The van der Waals surface area contributed by atoms with Crippen LogP contribution in [-0.4, -0.2) is 0 Å². The number of hydrogen-bond donors (Lipinski definition) is 0. The monoisotopic (exact) mass is 229 g/mol. The second-order valence-electron chi connectivity index (χ2n) is 2.24. The Hall–Kier alpha value is -1.06. The summed E-state index contributed by atoms with van der Waals surface area (Å²) < 4.78 is 13.3. The molecule has 0 aliphatic carbocycles. The molecule has 1 rings (SSSR count). The molecule has 0 saturated carbocycles. The summed E-state index contributed by atoms with van der Waals surface area (Å²) >= 11 is 3.08. The van der Waals surface area contributed by atoms with E-state index in [1.54, 1.807) is 6.92 Å². The van der Waals surface area contributed by atoms with Gasteiger partial charge in [-0.1, -0.05) is 21.0 Å². The van der Waals surface area contributed by atoms with Gasteiger partial charge in [0, 0.05) is 9.38 Å². The summed E-state index contributed by atoms with van der Waals surface area (Å²) in [7, 11) is 0. The van der Waals surface area contributed by atoms with Crippen molar-refractivity contribution in [1.29, 1.82) is 0 Å². The lowest BCUT2D eigenvalue weighted by molar-refractivity contribution is 0.618. The van der Waals surface area contributed by atoms with Crippen LogP contribution in [0.2, 0.25) is 0 Å². The van der Waals surface area contributed by atoms with Gasteiger partial charge in [0.05, 0.1) is 5.69 Å². The number of hydrogen-bond acceptors (Lipinski definition) is 1. The second kappa shape index (κ2) is 3.56. The average molecular weight is 230 g/mol. The van der Waals surface area contributed by atoms with Gasteiger partial charge in [0.2, 0.25) is 0 Å². The van der Waals surface area contributed by atoms with Crippen LogP contribution in [0.1, 0.15) is 5.56 Å². The molecule has 0 aromatic heterocycles. The first kappa shape index (κ1) is 9.03. The van der Waals surface area contributed by atoms with E-state index >= 15 is 0 Å². The molecule has 0 bridgehead atoms. The minimum Gasteiger partial charge on any atom is -0.207 e. The van der Waals surface area contributed by atoms with Crippen LogP contribution in [0.4, 0.5) is 10.1 Å². The van der Waals surface area contributed by atoms with Gasteiger partial charge >= 0.3 is 0 Å². The summed E-state index contributed by atoms with van der Waals surface area (Å²) in [6.07, 6.45) is 0. The van der Waals surface area contributed by atoms with E-state index in [1.165, 1.54) is 12.1 Å². The predicted molar refractivity (Wildman–Crippen MR) is 47.6 cm³/mol. The Kier molecular flexibility index (Phi) is 2.68. The molecule has 0 heterocycles. The molecule has 0 radical (unpaired) electrons. The molecule has 0 saturated heterocycles. The van der Waals surface area contributed by atoms with Crippen LogP contribution in [-0.2, 0) is 0 Å². The maximum absolute atomic E-state index is 12.8. The lowest BCUT2D eigenvalue weighted by Crippen LogP contribution is -1.81. The maximum atomic E-state index is 12.8. The molecular formula is C7H5BrFN3. The molecule has 0 N–H and O–H groups in total. The molecule has 1 aromatic carbocycles. The number of benzene rings is 1. The van der Waals surface area contributed by atoms with Gasteiger partial charge in [0.15, 0.2) is 0 Å². The van der Waals surface area contributed by atoms with Crippen molar-refractivity contribution in [2.45, 2.75) is 6.92 Å². The van der Waals surface area contributed by atoms with Crippen LogP contribution in [0, 0.1) is 12.7 Å². The summed E-state index contributed by atoms with van der Waals surface area (Å²) in [6.45, 7) is 1.61. The minimum atomic E-state index is -0.321. The van der Waals surface area contributed by atoms with E-state index < -0.39 is 0 Å². The minimum absolute atomic E-state index is 0.321. The van der Waals surface area contributed by atoms with Crippen molar-refractivity contribution in [3.63, 3.8) is 0 Å². The van der Waals surface area contributed by atoms with E-state index in [0.29, 0.717) is 15.7 Å². The van der Waals surface area contributed by atoms with Gasteiger partial charge in [-0.2, -0.15) is 0 Å². The van der Waals surface area contributed by atoms with Crippen molar-refractivity contribution in [3.8, 4) is 0 Å². The lowest BCUT2D eigenvalue weighted by Gasteiger charge is -1.99. The molecule has 62 valence electrons. The fourth-order valence-corrected chi connectivity index (χ4v) is 1.16. The van der Waals surface area contributed by atoms with Crippen molar-refractivity contribution < 1.29 is 4.39 Å². The van der Waals surface area contributed by atoms with E-state index in [-0.39, 0.29) is 5.82 Å². The first-order chi connectivity index (χ1) is 5.65. The quantitative estimate of drug-likeness (QED) is 0.399. The number of rotatable bonds is 1. The third-order valence-electron chi connectivity index (χ3n) is 1.38. The van der Waals surface area contributed by atoms with Crippen LogP contribution in [0.5, 0.6) is 0 Å². The first-order valence-electron chi connectivity index (χ1n) is 3.16. The Labute approximate surface area is 77.0 Å². The van der Waals surface area contributed by atoms with Gasteiger partial charge in [0.1, 0.15) is 5.82 Å². The standard InChI is InChI=1S/C7H5BrFN3/c1-4-2-7(11-12-10)5(8)3-6(4)9/h2-3H,1H3. The summed E-state index contributed by atoms with van der Waals surface area (Å²) in [6, 6.07) is 2.76. The number of halogens is 2. The lowest BCUT2D eigenvalue weighted by atomic mass is 10.2. The molecule has 0 unspecified atom stereocenters. The van der Waals surface area contributed by atoms with E-state index in [0.717, 1.165) is 0 Å². The molecule has 12 heavy (non-hydrogen) atoms. The van der Waals surface area contributed by atoms with Gasteiger partial charge in [-0.3, -0.25) is 0 Å². The first-order valence-corrected chi connectivity index (χ1v) is 3.95. The van der Waals surface area contributed by atoms with Crippen LogP contribution in [0.15, 0.2) is 21.7 Å². The average Bonchev–Trinajstić information content (AvgIpc) is 2.01. The molecule has 0 aliphatic rings. The van der Waals surface area contributed by atoms with Gasteiger partial charge in [-0.25, -0.2) is 4.39 Å². The third-order valence-corrected chi connectivity index (χ3v) is 2.02. The zero-order valence-corrected chi connectivity index (χ0v) is 7.84. The van der Waals surface area contributed by atoms with Crippen LogP contribution < -0.4 is 0 Å². The van der Waals surface area contributed by atoms with Gasteiger partial charge < -0.3 is 0 Å². The normalized spacial score (nSPS) is 9.25. The zero-order chi connectivity index (χ0) is 9.14. The van der Waals surface area contributed by atoms with E-state index in [1.807, 2.05) is 0 Å². The van der Waals surface area contributed by atoms with Crippen molar-refractivity contribution >= 4 is 21.6 Å². The molecular weight excluding hydrogens is 225 g/mol. The summed E-state index contributed by atoms with van der Waals surface area (Å²) in [5, 5.41) is 3.38. The number of aryl methyl sites for hydroxylation is 1. The van der Waals surface area contributed by atoms with Gasteiger partial charge in [0.25, 0.3) is 0 Å². The number of nitrogens with zero attached hydrogens (tertiary/aromatic N) is 3. The Morgan fingerprint density at radius 1 is 1.58 bits per heavy atom. The third kappa shape index (κ3) is 1.75. The SMILES string of the molecule is Cc1cc(N=[N+]=[N-])c(Br)cc1F. The maximum Gasteiger partial charge on any atom is 0.127 e. The fraction of sp³-hybridized carbons (Fsp3) is 0.143. The van der Waals surface area contributed by atoms with Crippen molar-refractivity contribution in [2.24, 2.45) is 5.11 Å². The van der Waals surface area contributed by atoms with Crippen LogP contribution >= 0.6 is 15.9 Å². The largest absolute Gasteiger partial charge is 0.207 e. The highest BCUT2D eigenvalue weighted by atomic mass is 79.9. The van der Waals surface area contributed by atoms with E-state index in [2.05, 4.69) is 26.0 Å². The smallest absolute Gasteiger partial charge is 0.127 e. The Bertz CT molecular complexity index is 358. The summed E-state index contributed by atoms with van der Waals surface area (Å²) in [4.78, 5) is 2.61.